The Hall–Kier alpha value is -2.90. The smallest absolute Gasteiger partial charge is 0.264 e. The predicted octanol–water partition coefficient (Wildman–Crippen LogP) is 4.39. The number of ether oxygens (including phenoxy) is 1. The van der Waals surface area contributed by atoms with Crippen LogP contribution in [-0.2, 0) is 4.79 Å². The standard InChI is InChI=1S/C24H25ClFN3O3/c1-15-8-20(5-6-21(15)28-12-16(2)27-14-28)32-23-4-3-7-29(24(23)31)22(13-30)17-9-18(25)11-19(26)10-17/h5-6,8-12,14,22-23,30H,3-4,7,13H2,1-2H3. The number of rotatable bonds is 6. The molecule has 2 unspecified atom stereocenters. The number of hydrogen-bond donors (Lipinski definition) is 1. The Bertz CT molecular complexity index is 1110. The van der Waals surface area contributed by atoms with Crippen LogP contribution < -0.4 is 4.74 Å². The molecule has 1 aromatic heterocycles. The van der Waals surface area contributed by atoms with Gasteiger partial charge in [0.25, 0.3) is 5.91 Å². The summed E-state index contributed by atoms with van der Waals surface area (Å²) >= 11 is 5.98. The minimum atomic E-state index is -0.685. The Kier molecular flexibility index (Phi) is 6.48. The number of benzene rings is 2. The van der Waals surface area contributed by atoms with Gasteiger partial charge in [-0.2, -0.15) is 0 Å². The first-order valence-electron chi connectivity index (χ1n) is 10.5. The van der Waals surface area contributed by atoms with Gasteiger partial charge in [-0.1, -0.05) is 11.6 Å². The van der Waals surface area contributed by atoms with Gasteiger partial charge in [0.05, 0.1) is 24.7 Å². The highest BCUT2D eigenvalue weighted by Crippen LogP contribution is 2.30. The summed E-state index contributed by atoms with van der Waals surface area (Å²) in [5.74, 6) is -0.146. The molecule has 6 nitrogen and oxygen atoms in total. The minimum Gasteiger partial charge on any atom is -0.481 e. The number of aromatic nitrogens is 2. The van der Waals surface area contributed by atoms with Crippen LogP contribution in [0.3, 0.4) is 0 Å². The molecular weight excluding hydrogens is 433 g/mol. The van der Waals surface area contributed by atoms with Crippen LogP contribution in [0.25, 0.3) is 5.69 Å². The van der Waals surface area contributed by atoms with Crippen LogP contribution in [0, 0.1) is 19.7 Å². The van der Waals surface area contributed by atoms with E-state index in [1.165, 1.54) is 12.1 Å². The summed E-state index contributed by atoms with van der Waals surface area (Å²) in [6, 6.07) is 9.04. The van der Waals surface area contributed by atoms with Crippen LogP contribution in [0.4, 0.5) is 4.39 Å². The molecule has 1 amide bonds. The van der Waals surface area contributed by atoms with Crippen molar-refractivity contribution in [2.75, 3.05) is 13.2 Å². The van der Waals surface area contributed by atoms with Crippen molar-refractivity contribution in [1.82, 2.24) is 14.5 Å². The number of piperidine rings is 1. The van der Waals surface area contributed by atoms with Gasteiger partial charge in [0.2, 0.25) is 0 Å². The lowest BCUT2D eigenvalue weighted by atomic mass is 10.00. The van der Waals surface area contributed by atoms with Crippen LogP contribution in [0.5, 0.6) is 5.75 Å². The van der Waals surface area contributed by atoms with E-state index in [0.29, 0.717) is 30.7 Å². The molecular formula is C24H25ClFN3O3. The van der Waals surface area contributed by atoms with Crippen LogP contribution in [0.2, 0.25) is 5.02 Å². The van der Waals surface area contributed by atoms with E-state index in [1.807, 2.05) is 42.8 Å². The normalized spacial score (nSPS) is 17.5. The molecule has 2 heterocycles. The molecule has 32 heavy (non-hydrogen) atoms. The number of aliphatic hydroxyl groups excluding tert-OH is 1. The van der Waals surface area contributed by atoms with E-state index in [4.69, 9.17) is 16.3 Å². The molecule has 1 saturated heterocycles. The Morgan fingerprint density at radius 2 is 2.09 bits per heavy atom. The topological polar surface area (TPSA) is 67.6 Å². The first-order valence-corrected chi connectivity index (χ1v) is 10.9. The molecule has 0 radical (unpaired) electrons. The van der Waals surface area contributed by atoms with E-state index in [0.717, 1.165) is 16.9 Å². The fourth-order valence-corrected chi connectivity index (χ4v) is 4.37. The number of carbonyl (C=O) groups excluding carboxylic acids is 1. The van der Waals surface area contributed by atoms with Crippen molar-refractivity contribution in [3.05, 3.63) is 76.6 Å². The van der Waals surface area contributed by atoms with Crippen molar-refractivity contribution in [3.8, 4) is 11.4 Å². The molecule has 168 valence electrons. The summed E-state index contributed by atoms with van der Waals surface area (Å²) in [6.07, 6.45) is 4.30. The third-order valence-corrected chi connectivity index (χ3v) is 5.90. The molecule has 1 N–H and O–H groups in total. The second kappa shape index (κ2) is 9.30. The van der Waals surface area contributed by atoms with E-state index in [-0.39, 0.29) is 17.5 Å². The molecule has 1 aliphatic heterocycles. The average Bonchev–Trinajstić information content (AvgIpc) is 3.16. The van der Waals surface area contributed by atoms with Crippen LogP contribution in [-0.4, -0.2) is 44.7 Å². The van der Waals surface area contributed by atoms with Crippen molar-refractivity contribution in [3.63, 3.8) is 0 Å². The zero-order chi connectivity index (χ0) is 22.8. The third kappa shape index (κ3) is 4.64. The lowest BCUT2D eigenvalue weighted by Crippen LogP contribution is -2.49. The Labute approximate surface area is 191 Å². The molecule has 2 aromatic carbocycles. The number of amides is 1. The molecule has 0 saturated carbocycles. The number of nitrogens with zero attached hydrogens (tertiary/aromatic N) is 3. The van der Waals surface area contributed by atoms with Crippen LogP contribution in [0.15, 0.2) is 48.9 Å². The number of aliphatic hydroxyl groups is 1. The number of halogens is 2. The van der Waals surface area contributed by atoms with E-state index in [2.05, 4.69) is 4.98 Å². The highest BCUT2D eigenvalue weighted by molar-refractivity contribution is 6.30. The van der Waals surface area contributed by atoms with Gasteiger partial charge < -0.3 is 19.3 Å². The first kappa shape index (κ1) is 22.3. The number of carbonyl (C=O) groups is 1. The maximum Gasteiger partial charge on any atom is 0.264 e. The van der Waals surface area contributed by atoms with E-state index in [9.17, 15) is 14.3 Å². The average molecular weight is 458 g/mol. The molecule has 1 aliphatic rings. The maximum absolute atomic E-state index is 13.8. The fraction of sp³-hybridized carbons (Fsp3) is 0.333. The SMILES string of the molecule is Cc1cn(-c2ccc(OC3CCCN(C(CO)c4cc(F)cc(Cl)c4)C3=O)cc2C)cn1. The van der Waals surface area contributed by atoms with Crippen LogP contribution >= 0.6 is 11.6 Å². The lowest BCUT2D eigenvalue weighted by Gasteiger charge is -2.37. The highest BCUT2D eigenvalue weighted by atomic mass is 35.5. The molecule has 0 bridgehead atoms. The third-order valence-electron chi connectivity index (χ3n) is 5.68. The maximum atomic E-state index is 13.8. The number of likely N-dealkylation sites (tertiary alicyclic amines) is 1. The van der Waals surface area contributed by atoms with E-state index < -0.39 is 18.0 Å². The van der Waals surface area contributed by atoms with Crippen molar-refractivity contribution in [2.24, 2.45) is 0 Å². The quantitative estimate of drug-likeness (QED) is 0.596. The summed E-state index contributed by atoms with van der Waals surface area (Å²) < 4.78 is 21.8. The van der Waals surface area contributed by atoms with E-state index in [1.54, 1.807) is 17.3 Å². The molecule has 1 fully saturated rings. The number of imidazole rings is 1. The zero-order valence-corrected chi connectivity index (χ0v) is 18.7. The van der Waals surface area contributed by atoms with Gasteiger partial charge in [0.1, 0.15) is 11.6 Å². The summed E-state index contributed by atoms with van der Waals surface area (Å²) in [7, 11) is 0. The second-order valence-electron chi connectivity index (χ2n) is 8.05. The summed E-state index contributed by atoms with van der Waals surface area (Å²) in [5.41, 5.74) is 3.36. The minimum absolute atomic E-state index is 0.222. The van der Waals surface area contributed by atoms with Gasteiger partial charge in [-0.3, -0.25) is 4.79 Å². The summed E-state index contributed by atoms with van der Waals surface area (Å²) in [4.78, 5) is 19.0. The molecule has 3 aromatic rings. The van der Waals surface area contributed by atoms with Crippen molar-refractivity contribution >= 4 is 17.5 Å². The van der Waals surface area contributed by atoms with Crippen molar-refractivity contribution in [2.45, 2.75) is 38.8 Å². The second-order valence-corrected chi connectivity index (χ2v) is 8.49. The number of aryl methyl sites for hydroxylation is 2. The van der Waals surface area contributed by atoms with Crippen molar-refractivity contribution < 1.29 is 19.0 Å². The van der Waals surface area contributed by atoms with Gasteiger partial charge in [-0.05, 0) is 74.2 Å². The molecule has 8 heteroatoms. The highest BCUT2D eigenvalue weighted by Gasteiger charge is 2.35. The van der Waals surface area contributed by atoms with E-state index >= 15 is 0 Å². The Morgan fingerprint density at radius 3 is 2.75 bits per heavy atom. The molecule has 0 spiro atoms. The predicted molar refractivity (Wildman–Crippen MR) is 120 cm³/mol. The van der Waals surface area contributed by atoms with Gasteiger partial charge in [-0.15, -0.1) is 0 Å². The first-order chi connectivity index (χ1) is 15.4. The van der Waals surface area contributed by atoms with Gasteiger partial charge in [0.15, 0.2) is 6.10 Å². The molecule has 0 aliphatic carbocycles. The summed E-state index contributed by atoms with van der Waals surface area (Å²) in [5, 5.41) is 10.2. The fourth-order valence-electron chi connectivity index (χ4n) is 4.14. The Balaban J connectivity index is 1.52. The van der Waals surface area contributed by atoms with Crippen LogP contribution in [0.1, 0.15) is 35.7 Å². The zero-order valence-electron chi connectivity index (χ0n) is 18.0. The van der Waals surface area contributed by atoms with Gasteiger partial charge in [0, 0.05) is 23.5 Å². The molecule has 4 rings (SSSR count). The van der Waals surface area contributed by atoms with Gasteiger partial charge >= 0.3 is 0 Å². The summed E-state index contributed by atoms with van der Waals surface area (Å²) in [6.45, 7) is 4.02. The lowest BCUT2D eigenvalue weighted by molar-refractivity contribution is -0.146. The van der Waals surface area contributed by atoms with Crippen molar-refractivity contribution in [1.29, 1.82) is 0 Å². The molecule has 2 atom stereocenters. The Morgan fingerprint density at radius 1 is 1.28 bits per heavy atom. The number of hydrogen-bond acceptors (Lipinski definition) is 4. The largest absolute Gasteiger partial charge is 0.481 e. The monoisotopic (exact) mass is 457 g/mol. The van der Waals surface area contributed by atoms with Gasteiger partial charge in [-0.25, -0.2) is 9.37 Å².